The van der Waals surface area contributed by atoms with Crippen molar-refractivity contribution in [2.45, 2.75) is 5.97 Å². The summed E-state index contributed by atoms with van der Waals surface area (Å²) in [6.07, 6.45) is 0. The maximum atomic E-state index is 11.1. The summed E-state index contributed by atoms with van der Waals surface area (Å²) in [5.74, 6) is -5.00. The molecule has 0 bridgehead atoms. The van der Waals surface area contributed by atoms with Gasteiger partial charge in [-0.3, -0.25) is 0 Å². The Morgan fingerprint density at radius 1 is 0.727 bits per heavy atom. The molecule has 0 saturated heterocycles. The van der Waals surface area contributed by atoms with E-state index in [1.807, 2.05) is 0 Å². The van der Waals surface area contributed by atoms with E-state index in [9.17, 15) is 26.9 Å². The number of rotatable bonds is 3. The number of nitrogens with zero attached hydrogens (tertiary/aromatic N) is 3. The molecule has 0 aromatic heterocycles. The lowest BCUT2D eigenvalue weighted by molar-refractivity contribution is -0.545. The molecule has 0 spiro atoms. The number of halogens is 6. The summed E-state index contributed by atoms with van der Waals surface area (Å²) in [5, 5.41) is -0.500. The van der Waals surface area contributed by atoms with Crippen molar-refractivity contribution in [3.8, 4) is 0 Å². The Morgan fingerprint density at radius 3 is 0.909 bits per heavy atom. The Hall–Kier alpha value is -0.580. The van der Waals surface area contributed by atoms with Gasteiger partial charge in [0.15, 0.2) is 0 Å². The molecule has 0 unspecified atom stereocenters. The fraction of sp³-hybridized carbons (Fsp3) is 1.00. The number of aliphatic hydroxyl groups is 1. The second kappa shape index (κ2) is 3.21. The summed E-state index contributed by atoms with van der Waals surface area (Å²) < 4.78 is 66.8. The minimum Gasteiger partial charge on any atom is -0.339 e. The Labute approximate surface area is 55.4 Å². The highest BCUT2D eigenvalue weighted by molar-refractivity contribution is 4.48. The van der Waals surface area contributed by atoms with Gasteiger partial charge in [-0.1, -0.05) is 26.9 Å². The Kier molecular flexibility index (Phi) is 3.04. The van der Waals surface area contributed by atoms with Crippen LogP contribution in [-0.2, 0) is 0 Å². The van der Waals surface area contributed by atoms with Gasteiger partial charge in [0.25, 0.3) is 0 Å². The highest BCUT2D eigenvalue weighted by Crippen LogP contribution is 2.25. The van der Waals surface area contributed by atoms with Gasteiger partial charge in [0.05, 0.1) is 16.0 Å². The van der Waals surface area contributed by atoms with E-state index in [0.29, 0.717) is 0 Å². The summed E-state index contributed by atoms with van der Waals surface area (Å²) in [7, 11) is 0. The third kappa shape index (κ3) is 1.71. The zero-order valence-corrected chi connectivity index (χ0v) is 4.56. The van der Waals surface area contributed by atoms with Gasteiger partial charge in [-0.05, 0) is 0 Å². The van der Waals surface area contributed by atoms with Crippen molar-refractivity contribution in [1.82, 2.24) is 16.0 Å². The molecular weight excluding hydrogens is 184 g/mol. The van der Waals surface area contributed by atoms with Gasteiger partial charge in [-0.15, -0.1) is 0 Å². The molecule has 10 heteroatoms. The molecule has 4 nitrogen and oxygen atoms in total. The highest BCUT2D eigenvalue weighted by atomic mass is 19.4. The fourth-order valence-electron chi connectivity index (χ4n) is 0.171. The standard InChI is InChI=1S/CHF6N3O/c2-8(3)1(11,9(4)5)10(6)7/h11H. The quantitative estimate of drug-likeness (QED) is 0.400. The molecule has 0 atom stereocenters. The van der Waals surface area contributed by atoms with Gasteiger partial charge in [-0.25, -0.2) is 0 Å². The van der Waals surface area contributed by atoms with E-state index in [-0.39, 0.29) is 0 Å². The topological polar surface area (TPSA) is 30.0 Å². The summed E-state index contributed by atoms with van der Waals surface area (Å²) in [4.78, 5) is 0. The molecule has 0 aromatic carbocycles. The van der Waals surface area contributed by atoms with Gasteiger partial charge in [0.2, 0.25) is 0 Å². The number of hydrogen-bond acceptors (Lipinski definition) is 4. The van der Waals surface area contributed by atoms with Crippen LogP contribution in [0.2, 0.25) is 0 Å². The van der Waals surface area contributed by atoms with Crippen molar-refractivity contribution < 1.29 is 32.0 Å². The lowest BCUT2D eigenvalue weighted by atomic mass is 10.8. The monoisotopic (exact) mass is 185 g/mol. The molecule has 1 N–H and O–H groups in total. The van der Waals surface area contributed by atoms with Crippen LogP contribution in [0.5, 0.6) is 0 Å². The van der Waals surface area contributed by atoms with Gasteiger partial charge in [0, 0.05) is 0 Å². The maximum absolute atomic E-state index is 11.1. The molecule has 0 saturated carbocycles. The molecule has 0 aliphatic rings. The number of hydrogen-bond donors (Lipinski definition) is 1. The van der Waals surface area contributed by atoms with Crippen LogP contribution in [0, 0.1) is 0 Å². The third-order valence-corrected chi connectivity index (χ3v) is 0.680. The smallest absolute Gasteiger partial charge is 0.339 e. The van der Waals surface area contributed by atoms with Crippen LogP contribution in [0.1, 0.15) is 0 Å². The summed E-state index contributed by atoms with van der Waals surface area (Å²) in [6, 6.07) is 0. The second-order valence-electron chi connectivity index (χ2n) is 1.30. The molecule has 0 amide bonds. The molecule has 68 valence electrons. The van der Waals surface area contributed by atoms with Crippen LogP contribution in [0.15, 0.2) is 0 Å². The third-order valence-electron chi connectivity index (χ3n) is 0.680. The normalized spacial score (nSPS) is 13.6. The molecule has 0 rings (SSSR count). The molecule has 0 aliphatic heterocycles. The van der Waals surface area contributed by atoms with Crippen molar-refractivity contribution in [3.05, 3.63) is 0 Å². The van der Waals surface area contributed by atoms with Crippen LogP contribution >= 0.6 is 0 Å². The Morgan fingerprint density at radius 2 is 0.909 bits per heavy atom. The van der Waals surface area contributed by atoms with Crippen molar-refractivity contribution >= 4 is 0 Å². The van der Waals surface area contributed by atoms with E-state index in [1.54, 1.807) is 0 Å². The summed E-state index contributed by atoms with van der Waals surface area (Å²) >= 11 is 0. The zero-order chi connectivity index (χ0) is 9.23. The van der Waals surface area contributed by atoms with Crippen LogP contribution in [0.4, 0.5) is 26.9 Å². The van der Waals surface area contributed by atoms with E-state index in [0.717, 1.165) is 0 Å². The SMILES string of the molecule is OC(N(F)F)(N(F)F)N(F)F. The molecule has 0 heterocycles. The predicted octanol–water partition coefficient (Wildman–Crippen LogP) is 0.803. The second-order valence-corrected chi connectivity index (χ2v) is 1.30. The predicted molar refractivity (Wildman–Crippen MR) is 17.1 cm³/mol. The first-order valence-corrected chi connectivity index (χ1v) is 1.91. The van der Waals surface area contributed by atoms with Crippen molar-refractivity contribution in [2.24, 2.45) is 0 Å². The lowest BCUT2D eigenvalue weighted by Crippen LogP contribution is -2.56. The van der Waals surface area contributed by atoms with Gasteiger partial charge < -0.3 is 5.11 Å². The summed E-state index contributed by atoms with van der Waals surface area (Å²) in [5.41, 5.74) is 0. The minimum atomic E-state index is -5.00. The van der Waals surface area contributed by atoms with E-state index in [1.165, 1.54) is 0 Å². The Balaban J connectivity index is 4.53. The van der Waals surface area contributed by atoms with Crippen LogP contribution in [0.25, 0.3) is 0 Å². The first-order chi connectivity index (χ1) is 4.83. The molecule has 0 radical (unpaired) electrons. The molecule has 0 aliphatic carbocycles. The molecule has 11 heavy (non-hydrogen) atoms. The van der Waals surface area contributed by atoms with Crippen molar-refractivity contribution in [2.75, 3.05) is 0 Å². The van der Waals surface area contributed by atoms with E-state index in [4.69, 9.17) is 5.11 Å². The van der Waals surface area contributed by atoms with Gasteiger partial charge in [0.1, 0.15) is 0 Å². The molecular formula is CHF6N3O. The zero-order valence-electron chi connectivity index (χ0n) is 4.56. The van der Waals surface area contributed by atoms with Gasteiger partial charge >= 0.3 is 5.97 Å². The summed E-state index contributed by atoms with van der Waals surface area (Å²) in [6.45, 7) is 0. The van der Waals surface area contributed by atoms with Gasteiger partial charge in [-0.2, -0.15) is 0 Å². The lowest BCUT2D eigenvalue weighted by Gasteiger charge is -2.24. The van der Waals surface area contributed by atoms with Crippen molar-refractivity contribution in [3.63, 3.8) is 0 Å². The van der Waals surface area contributed by atoms with E-state index >= 15 is 0 Å². The molecule has 0 fully saturated rings. The van der Waals surface area contributed by atoms with Crippen LogP contribution in [0.3, 0.4) is 0 Å². The molecule has 0 aromatic rings. The first-order valence-electron chi connectivity index (χ1n) is 1.91. The average molecular weight is 185 g/mol. The fourth-order valence-corrected chi connectivity index (χ4v) is 0.171. The minimum absolute atomic E-state index is 2.76. The van der Waals surface area contributed by atoms with Crippen LogP contribution in [-0.4, -0.2) is 27.1 Å². The average Bonchev–Trinajstić information content (AvgIpc) is 1.84. The highest BCUT2D eigenvalue weighted by Gasteiger charge is 2.54. The largest absolute Gasteiger partial charge is 0.407 e. The van der Waals surface area contributed by atoms with E-state index < -0.39 is 22.0 Å². The Bertz CT molecular complexity index is 105. The van der Waals surface area contributed by atoms with E-state index in [2.05, 4.69) is 0 Å². The van der Waals surface area contributed by atoms with Crippen molar-refractivity contribution in [1.29, 1.82) is 0 Å². The first kappa shape index (κ1) is 10.4. The van der Waals surface area contributed by atoms with Crippen LogP contribution < -0.4 is 0 Å². The maximum Gasteiger partial charge on any atom is 0.407 e.